The number of anilines is 1. The van der Waals surface area contributed by atoms with Crippen molar-refractivity contribution in [2.45, 2.75) is 46.0 Å². The number of carbonyl (C=O) groups is 2. The van der Waals surface area contributed by atoms with Crippen molar-refractivity contribution in [2.75, 3.05) is 31.6 Å². The van der Waals surface area contributed by atoms with Crippen molar-refractivity contribution in [3.8, 4) is 6.07 Å². The normalized spacial score (nSPS) is 22.6. The Morgan fingerprint density at radius 1 is 1.41 bits per heavy atom. The molecule has 1 N–H and O–H groups in total. The number of hydrogen-bond acceptors (Lipinski definition) is 6. The maximum absolute atomic E-state index is 12.6. The number of nitrogens with zero attached hydrogens (tertiary/aromatic N) is 2. The monoisotopic (exact) mass is 389 g/mol. The van der Waals surface area contributed by atoms with Gasteiger partial charge < -0.3 is 10.1 Å². The van der Waals surface area contributed by atoms with Crippen molar-refractivity contribution < 1.29 is 14.3 Å². The molecule has 0 radical (unpaired) electrons. The van der Waals surface area contributed by atoms with Crippen LogP contribution in [-0.4, -0.2) is 43.0 Å². The summed E-state index contributed by atoms with van der Waals surface area (Å²) in [7, 11) is 0. The van der Waals surface area contributed by atoms with Crippen molar-refractivity contribution in [3.63, 3.8) is 0 Å². The molecule has 0 saturated carbocycles. The lowest BCUT2D eigenvalue weighted by Crippen LogP contribution is -2.43. The average molecular weight is 390 g/mol. The number of likely N-dealkylation sites (tertiary alicyclic amines) is 1. The summed E-state index contributed by atoms with van der Waals surface area (Å²) < 4.78 is 5.12. The van der Waals surface area contributed by atoms with E-state index in [2.05, 4.69) is 18.3 Å². The number of thiophene rings is 1. The minimum absolute atomic E-state index is 0.123. The van der Waals surface area contributed by atoms with Gasteiger partial charge in [0.2, 0.25) is 5.91 Å². The number of fused-ring (bicyclic) bond motifs is 1. The molecule has 0 bridgehead atoms. The van der Waals surface area contributed by atoms with E-state index in [9.17, 15) is 14.9 Å². The number of carbonyl (C=O) groups excluding carboxylic acids is 2. The molecule has 2 aliphatic rings. The highest BCUT2D eigenvalue weighted by molar-refractivity contribution is 7.16. The lowest BCUT2D eigenvalue weighted by atomic mass is 9.89. The molecule has 0 unspecified atom stereocenters. The first-order valence-corrected chi connectivity index (χ1v) is 10.6. The van der Waals surface area contributed by atoms with Crippen LogP contribution in [0.5, 0.6) is 0 Å². The summed E-state index contributed by atoms with van der Waals surface area (Å²) in [6.45, 7) is 6.00. The summed E-state index contributed by atoms with van der Waals surface area (Å²) in [6.07, 6.45) is 4.68. The molecule has 1 fully saturated rings. The number of amides is 1. The molecular weight excluding hydrogens is 362 g/mol. The largest absolute Gasteiger partial charge is 0.466 e. The minimum Gasteiger partial charge on any atom is -0.466 e. The molecule has 3 rings (SSSR count). The molecule has 146 valence electrons. The molecule has 1 aliphatic heterocycles. The van der Waals surface area contributed by atoms with Gasteiger partial charge in [-0.25, -0.2) is 0 Å². The second kappa shape index (κ2) is 8.85. The van der Waals surface area contributed by atoms with Gasteiger partial charge >= 0.3 is 5.97 Å². The Balaban J connectivity index is 1.61. The lowest BCUT2D eigenvalue weighted by molar-refractivity contribution is -0.150. The van der Waals surface area contributed by atoms with Gasteiger partial charge in [0, 0.05) is 11.4 Å². The molecule has 1 aromatic heterocycles. The molecule has 27 heavy (non-hydrogen) atoms. The van der Waals surface area contributed by atoms with Gasteiger partial charge in [-0.05, 0) is 57.1 Å². The number of esters is 1. The fourth-order valence-corrected chi connectivity index (χ4v) is 5.36. The Labute approximate surface area is 164 Å². The van der Waals surface area contributed by atoms with Crippen LogP contribution in [0.15, 0.2) is 0 Å². The second-order valence-corrected chi connectivity index (χ2v) is 8.65. The fourth-order valence-electron chi connectivity index (χ4n) is 3.98. The maximum atomic E-state index is 12.6. The molecule has 0 spiro atoms. The van der Waals surface area contributed by atoms with Crippen molar-refractivity contribution >= 4 is 28.2 Å². The van der Waals surface area contributed by atoms with Gasteiger partial charge in [0.1, 0.15) is 11.1 Å². The third-order valence-corrected chi connectivity index (χ3v) is 6.54. The van der Waals surface area contributed by atoms with E-state index < -0.39 is 0 Å². The fraction of sp³-hybridized carbons (Fsp3) is 0.650. The zero-order valence-corrected chi connectivity index (χ0v) is 16.9. The summed E-state index contributed by atoms with van der Waals surface area (Å²) in [5.74, 6) is 0.174. The van der Waals surface area contributed by atoms with Crippen molar-refractivity contribution in [3.05, 3.63) is 16.0 Å². The first-order chi connectivity index (χ1) is 13.0. The zero-order chi connectivity index (χ0) is 19.4. The van der Waals surface area contributed by atoms with E-state index in [1.165, 1.54) is 4.88 Å². The van der Waals surface area contributed by atoms with Gasteiger partial charge in [-0.15, -0.1) is 11.3 Å². The summed E-state index contributed by atoms with van der Waals surface area (Å²) in [4.78, 5) is 27.8. The van der Waals surface area contributed by atoms with E-state index in [-0.39, 0.29) is 24.3 Å². The number of piperidine rings is 1. The number of ether oxygens (including phenoxy) is 1. The Kier molecular flexibility index (Phi) is 6.51. The first kappa shape index (κ1) is 19.8. The van der Waals surface area contributed by atoms with Gasteiger partial charge in [0.05, 0.1) is 24.6 Å². The predicted molar refractivity (Wildman–Crippen MR) is 105 cm³/mol. The summed E-state index contributed by atoms with van der Waals surface area (Å²) in [6, 6.07) is 2.28. The van der Waals surface area contributed by atoms with Crippen LogP contribution in [0.25, 0.3) is 0 Å². The predicted octanol–water partition coefficient (Wildman–Crippen LogP) is 2.96. The van der Waals surface area contributed by atoms with Crippen LogP contribution in [0, 0.1) is 23.2 Å². The van der Waals surface area contributed by atoms with Gasteiger partial charge in [0.25, 0.3) is 0 Å². The second-order valence-electron chi connectivity index (χ2n) is 7.54. The van der Waals surface area contributed by atoms with Gasteiger partial charge in [-0.2, -0.15) is 5.26 Å². The molecule has 1 aliphatic carbocycles. The molecule has 2 heterocycles. The molecular formula is C20H27N3O3S. The van der Waals surface area contributed by atoms with E-state index in [0.29, 0.717) is 29.6 Å². The quantitative estimate of drug-likeness (QED) is 0.783. The van der Waals surface area contributed by atoms with E-state index in [0.717, 1.165) is 44.2 Å². The van der Waals surface area contributed by atoms with Crippen LogP contribution in [-0.2, 0) is 27.2 Å². The number of rotatable bonds is 5. The highest BCUT2D eigenvalue weighted by Gasteiger charge is 2.29. The molecule has 1 aromatic rings. The van der Waals surface area contributed by atoms with Crippen molar-refractivity contribution in [1.82, 2.24) is 4.90 Å². The van der Waals surface area contributed by atoms with Gasteiger partial charge in [-0.1, -0.05) is 6.92 Å². The van der Waals surface area contributed by atoms with E-state index in [1.54, 1.807) is 18.3 Å². The van der Waals surface area contributed by atoms with Crippen molar-refractivity contribution in [1.29, 1.82) is 5.26 Å². The number of nitriles is 1. The minimum atomic E-state index is -0.172. The van der Waals surface area contributed by atoms with Gasteiger partial charge in [-0.3, -0.25) is 14.5 Å². The third kappa shape index (κ3) is 4.69. The average Bonchev–Trinajstić information content (AvgIpc) is 2.97. The first-order valence-electron chi connectivity index (χ1n) is 9.75. The van der Waals surface area contributed by atoms with Crippen molar-refractivity contribution in [2.24, 2.45) is 11.8 Å². The van der Waals surface area contributed by atoms with Crippen LogP contribution in [0.3, 0.4) is 0 Å². The van der Waals surface area contributed by atoms with Gasteiger partial charge in [0.15, 0.2) is 0 Å². The molecule has 0 aromatic carbocycles. The Hall–Kier alpha value is -1.91. The van der Waals surface area contributed by atoms with Crippen LogP contribution in [0.2, 0.25) is 0 Å². The SMILES string of the molecule is CCOC(=O)[C@H]1CCCN(CC(=O)Nc2sc3c(c2C#N)CC[C@H](C)C3)C1. The Morgan fingerprint density at radius 3 is 2.96 bits per heavy atom. The summed E-state index contributed by atoms with van der Waals surface area (Å²) in [5.41, 5.74) is 1.76. The van der Waals surface area contributed by atoms with Crippen LogP contribution < -0.4 is 5.32 Å². The molecule has 1 saturated heterocycles. The van der Waals surface area contributed by atoms with Crippen LogP contribution in [0.4, 0.5) is 5.00 Å². The smallest absolute Gasteiger partial charge is 0.310 e. The molecule has 2 atom stereocenters. The van der Waals surface area contributed by atoms with Crippen LogP contribution in [0.1, 0.15) is 49.1 Å². The highest BCUT2D eigenvalue weighted by atomic mass is 32.1. The zero-order valence-electron chi connectivity index (χ0n) is 16.0. The van der Waals surface area contributed by atoms with E-state index >= 15 is 0 Å². The summed E-state index contributed by atoms with van der Waals surface area (Å²) in [5, 5.41) is 13.2. The molecule has 1 amide bonds. The Bertz CT molecular complexity index is 752. The van der Waals surface area contributed by atoms with E-state index in [4.69, 9.17) is 4.74 Å². The number of nitrogens with one attached hydrogen (secondary N) is 1. The molecule has 7 heteroatoms. The summed E-state index contributed by atoms with van der Waals surface area (Å²) >= 11 is 1.55. The topological polar surface area (TPSA) is 82.4 Å². The Morgan fingerprint density at radius 2 is 2.22 bits per heavy atom. The number of hydrogen-bond donors (Lipinski definition) is 1. The standard InChI is InChI=1S/C20H27N3O3S/c1-3-26-20(25)14-5-4-8-23(11-14)12-18(24)22-19-16(10-21)15-7-6-13(2)9-17(15)27-19/h13-14H,3-9,11-12H2,1-2H3,(H,22,24)/t13-,14-/m0/s1. The lowest BCUT2D eigenvalue weighted by Gasteiger charge is -2.30. The molecule has 6 nitrogen and oxygen atoms in total. The van der Waals surface area contributed by atoms with Crippen LogP contribution >= 0.6 is 11.3 Å². The highest BCUT2D eigenvalue weighted by Crippen LogP contribution is 2.39. The maximum Gasteiger partial charge on any atom is 0.310 e. The van der Waals surface area contributed by atoms with E-state index in [1.807, 2.05) is 4.90 Å². The third-order valence-electron chi connectivity index (χ3n) is 5.37.